The molecule has 124 valence electrons. The Kier molecular flexibility index (Phi) is 5.51. The molecule has 21 heavy (non-hydrogen) atoms. The van der Waals surface area contributed by atoms with E-state index in [-0.39, 0.29) is 6.42 Å². The zero-order valence-electron chi connectivity index (χ0n) is 11.7. The maximum Gasteiger partial charge on any atom is 0.426 e. The van der Waals surface area contributed by atoms with Crippen LogP contribution in [0.25, 0.3) is 0 Å². The van der Waals surface area contributed by atoms with Crippen LogP contribution in [-0.2, 0) is 9.53 Å². The van der Waals surface area contributed by atoms with Gasteiger partial charge in [-0.3, -0.25) is 0 Å². The van der Waals surface area contributed by atoms with Crippen molar-refractivity contribution in [1.82, 2.24) is 0 Å². The van der Waals surface area contributed by atoms with Crippen molar-refractivity contribution in [2.24, 2.45) is 0 Å². The number of ether oxygens (including phenoxy) is 1. The van der Waals surface area contributed by atoms with Gasteiger partial charge in [0.15, 0.2) is 0 Å². The molecule has 0 unspecified atom stereocenters. The Bertz CT molecular complexity index is 394. The minimum absolute atomic E-state index is 0.287. The first-order valence-electron chi connectivity index (χ1n) is 5.84. The summed E-state index contributed by atoms with van der Waals surface area (Å²) in [4.78, 5) is 11.5. The van der Waals surface area contributed by atoms with E-state index in [0.29, 0.717) is 0 Å². The van der Waals surface area contributed by atoms with Crippen LogP contribution in [0.15, 0.2) is 12.2 Å². The van der Waals surface area contributed by atoms with Gasteiger partial charge in [-0.25, -0.2) is 4.79 Å². The van der Waals surface area contributed by atoms with Crippen LogP contribution < -0.4 is 0 Å². The molecule has 0 rings (SSSR count). The molecule has 0 aromatic heterocycles. The van der Waals surface area contributed by atoms with Gasteiger partial charge in [0, 0.05) is 12.0 Å². The fraction of sp³-hybridized carbons (Fsp3) is 0.750. The highest BCUT2D eigenvalue weighted by atomic mass is 19.4. The molecule has 0 aromatic rings. The highest BCUT2D eigenvalue weighted by Gasteiger charge is 2.70. The third-order valence-electron chi connectivity index (χ3n) is 2.92. The zero-order chi connectivity index (χ0) is 17.3. The van der Waals surface area contributed by atoms with Crippen LogP contribution in [0.4, 0.5) is 26.3 Å². The first kappa shape index (κ1) is 19.8. The molecular weight excluding hydrogens is 306 g/mol. The molecule has 9 heteroatoms. The van der Waals surface area contributed by atoms with Crippen LogP contribution in [-0.4, -0.2) is 34.6 Å². The van der Waals surface area contributed by atoms with Gasteiger partial charge in [-0.05, 0) is 20.3 Å². The summed E-state index contributed by atoms with van der Waals surface area (Å²) in [5.74, 6) is -1.42. The van der Waals surface area contributed by atoms with Crippen LogP contribution in [0.2, 0.25) is 0 Å². The van der Waals surface area contributed by atoms with Crippen molar-refractivity contribution in [1.29, 1.82) is 0 Å². The quantitative estimate of drug-likeness (QED) is 0.478. The lowest BCUT2D eigenvalue weighted by Gasteiger charge is -2.33. The van der Waals surface area contributed by atoms with Crippen LogP contribution in [0.5, 0.6) is 0 Å². The number of carbonyl (C=O) groups excluding carboxylic acids is 1. The van der Waals surface area contributed by atoms with Crippen molar-refractivity contribution in [3.8, 4) is 0 Å². The maximum atomic E-state index is 12.5. The molecule has 0 fully saturated rings. The van der Waals surface area contributed by atoms with Crippen molar-refractivity contribution in [2.45, 2.75) is 57.2 Å². The topological polar surface area (TPSA) is 46.5 Å². The number of aliphatic hydroxyl groups is 1. The van der Waals surface area contributed by atoms with Gasteiger partial charge in [0.1, 0.15) is 5.60 Å². The van der Waals surface area contributed by atoms with Gasteiger partial charge in [-0.2, -0.15) is 26.3 Å². The molecule has 0 aliphatic carbocycles. The number of rotatable bonds is 5. The van der Waals surface area contributed by atoms with E-state index < -0.39 is 41.5 Å². The van der Waals surface area contributed by atoms with E-state index in [1.54, 1.807) is 6.92 Å². The maximum absolute atomic E-state index is 12.5. The third-order valence-corrected chi connectivity index (χ3v) is 2.92. The van der Waals surface area contributed by atoms with E-state index in [4.69, 9.17) is 9.84 Å². The van der Waals surface area contributed by atoms with Crippen molar-refractivity contribution < 1.29 is 41.0 Å². The third kappa shape index (κ3) is 4.62. The summed E-state index contributed by atoms with van der Waals surface area (Å²) in [6, 6.07) is 0. The summed E-state index contributed by atoms with van der Waals surface area (Å²) in [6.45, 7) is 7.32. The summed E-state index contributed by atoms with van der Waals surface area (Å²) >= 11 is 0. The predicted molar refractivity (Wildman–Crippen MR) is 61.3 cm³/mol. The second kappa shape index (κ2) is 5.86. The molecule has 0 radical (unpaired) electrons. The SMILES string of the molecule is C=C(CC(O)(C(F)(F)F)C(F)(F)F)C(=O)OC(C)(C)CC. The van der Waals surface area contributed by atoms with E-state index >= 15 is 0 Å². The monoisotopic (exact) mass is 322 g/mol. The van der Waals surface area contributed by atoms with Gasteiger partial charge in [0.25, 0.3) is 5.60 Å². The molecule has 0 amide bonds. The average molecular weight is 322 g/mol. The van der Waals surface area contributed by atoms with Crippen LogP contribution in [0.1, 0.15) is 33.6 Å². The standard InChI is InChI=1S/C12H16F6O3/c1-5-9(3,4)21-8(19)7(2)6-10(20,11(13,14)15)12(16,17)18/h20H,2,5-6H2,1,3-4H3. The molecule has 0 heterocycles. The number of carbonyl (C=O) groups is 1. The molecule has 3 nitrogen and oxygen atoms in total. The predicted octanol–water partition coefficient (Wildman–Crippen LogP) is 3.52. The first-order valence-corrected chi connectivity index (χ1v) is 5.84. The van der Waals surface area contributed by atoms with Crippen LogP contribution in [0.3, 0.4) is 0 Å². The minimum atomic E-state index is -6.01. The Balaban J connectivity index is 5.24. The van der Waals surface area contributed by atoms with Gasteiger partial charge < -0.3 is 9.84 Å². The molecular formula is C12H16F6O3. The molecule has 0 bridgehead atoms. The van der Waals surface area contributed by atoms with Crippen molar-refractivity contribution in [2.75, 3.05) is 0 Å². The average Bonchev–Trinajstić information content (AvgIpc) is 2.25. The van der Waals surface area contributed by atoms with Gasteiger partial charge >= 0.3 is 18.3 Å². The molecule has 0 aromatic carbocycles. The first-order chi connectivity index (χ1) is 9.07. The summed E-state index contributed by atoms with van der Waals surface area (Å²) < 4.78 is 79.5. The van der Waals surface area contributed by atoms with Crippen LogP contribution in [0, 0.1) is 0 Å². The van der Waals surface area contributed by atoms with E-state index in [9.17, 15) is 31.1 Å². The fourth-order valence-electron chi connectivity index (χ4n) is 1.14. The molecule has 0 saturated heterocycles. The van der Waals surface area contributed by atoms with Crippen LogP contribution >= 0.6 is 0 Å². The van der Waals surface area contributed by atoms with Crippen molar-refractivity contribution >= 4 is 5.97 Å². The van der Waals surface area contributed by atoms with Crippen molar-refractivity contribution in [3.05, 3.63) is 12.2 Å². The Morgan fingerprint density at radius 2 is 1.48 bits per heavy atom. The van der Waals surface area contributed by atoms with E-state index in [1.807, 2.05) is 0 Å². The molecule has 0 spiro atoms. The van der Waals surface area contributed by atoms with Gasteiger partial charge in [-0.1, -0.05) is 13.5 Å². The Morgan fingerprint density at radius 3 is 1.76 bits per heavy atom. The molecule has 0 aliphatic rings. The Hall–Kier alpha value is -1.25. The Labute approximate surface area is 117 Å². The summed E-state index contributed by atoms with van der Waals surface area (Å²) in [5, 5.41) is 8.94. The molecule has 0 atom stereocenters. The van der Waals surface area contributed by atoms with Crippen molar-refractivity contribution in [3.63, 3.8) is 0 Å². The number of esters is 1. The van der Waals surface area contributed by atoms with Gasteiger partial charge in [0.2, 0.25) is 0 Å². The summed E-state index contributed by atoms with van der Waals surface area (Å²) in [7, 11) is 0. The highest BCUT2D eigenvalue weighted by Crippen LogP contribution is 2.46. The molecule has 0 aliphatic heterocycles. The summed E-state index contributed by atoms with van der Waals surface area (Å²) in [5.41, 5.74) is -7.24. The largest absolute Gasteiger partial charge is 0.456 e. The smallest absolute Gasteiger partial charge is 0.426 e. The fourth-order valence-corrected chi connectivity index (χ4v) is 1.14. The van der Waals surface area contributed by atoms with E-state index in [0.717, 1.165) is 0 Å². The second-order valence-corrected chi connectivity index (χ2v) is 5.14. The highest BCUT2D eigenvalue weighted by molar-refractivity contribution is 5.88. The number of hydrogen-bond acceptors (Lipinski definition) is 3. The number of hydrogen-bond donors (Lipinski definition) is 1. The minimum Gasteiger partial charge on any atom is -0.456 e. The molecule has 1 N–H and O–H groups in total. The van der Waals surface area contributed by atoms with Gasteiger partial charge in [-0.15, -0.1) is 0 Å². The lowest BCUT2D eigenvalue weighted by atomic mass is 9.93. The zero-order valence-corrected chi connectivity index (χ0v) is 11.7. The second-order valence-electron chi connectivity index (χ2n) is 5.14. The lowest BCUT2D eigenvalue weighted by molar-refractivity contribution is -0.367. The molecule has 0 saturated carbocycles. The van der Waals surface area contributed by atoms with E-state index in [1.165, 1.54) is 13.8 Å². The lowest BCUT2D eigenvalue weighted by Crippen LogP contribution is -2.57. The Morgan fingerprint density at radius 1 is 1.10 bits per heavy atom. The van der Waals surface area contributed by atoms with E-state index in [2.05, 4.69) is 6.58 Å². The number of alkyl halides is 6. The normalized spacial score (nSPS) is 14.0. The summed E-state index contributed by atoms with van der Waals surface area (Å²) in [6.07, 6.45) is -13.8. The number of halogens is 6. The van der Waals surface area contributed by atoms with Gasteiger partial charge in [0.05, 0.1) is 0 Å².